The summed E-state index contributed by atoms with van der Waals surface area (Å²) in [5, 5.41) is 9.16. The van der Waals surface area contributed by atoms with Crippen molar-refractivity contribution in [3.05, 3.63) is 47.2 Å². The zero-order valence-corrected chi connectivity index (χ0v) is 12.0. The largest absolute Gasteiger partial charge is 0.457 e. The smallest absolute Gasteiger partial charge is 0.374 e. The van der Waals surface area contributed by atoms with Gasteiger partial charge in [-0.3, -0.25) is 0 Å². The van der Waals surface area contributed by atoms with Crippen LogP contribution in [0.25, 0.3) is 11.3 Å². The number of carbonyl (C=O) groups excluding carboxylic acids is 1. The number of aliphatic hydroxyl groups is 1. The maximum Gasteiger partial charge on any atom is 0.374 e. The van der Waals surface area contributed by atoms with Crippen molar-refractivity contribution in [2.24, 2.45) is 0 Å². The summed E-state index contributed by atoms with van der Waals surface area (Å²) in [6.07, 6.45) is 0. The van der Waals surface area contributed by atoms with Crippen LogP contribution in [0.2, 0.25) is 5.02 Å². The summed E-state index contributed by atoms with van der Waals surface area (Å²) >= 11 is 5.82. The van der Waals surface area contributed by atoms with Crippen molar-refractivity contribution in [2.45, 2.75) is 0 Å². The number of halogens is 1. The molecular formula is C15H15ClO5. The van der Waals surface area contributed by atoms with E-state index in [0.29, 0.717) is 10.8 Å². The molecule has 0 aliphatic heterocycles. The van der Waals surface area contributed by atoms with Crippen molar-refractivity contribution in [2.75, 3.05) is 26.4 Å². The van der Waals surface area contributed by atoms with Gasteiger partial charge in [-0.05, 0) is 36.4 Å². The van der Waals surface area contributed by atoms with Gasteiger partial charge in [0, 0.05) is 10.6 Å². The van der Waals surface area contributed by atoms with E-state index in [1.165, 1.54) is 0 Å². The summed E-state index contributed by atoms with van der Waals surface area (Å²) in [6.45, 7) is 0.502. The zero-order chi connectivity index (χ0) is 15.1. The fourth-order valence-corrected chi connectivity index (χ4v) is 1.77. The van der Waals surface area contributed by atoms with Gasteiger partial charge in [0.2, 0.25) is 5.76 Å². The van der Waals surface area contributed by atoms with Crippen molar-refractivity contribution in [3.8, 4) is 11.3 Å². The molecule has 21 heavy (non-hydrogen) atoms. The molecule has 0 aliphatic carbocycles. The van der Waals surface area contributed by atoms with Gasteiger partial charge < -0.3 is 19.0 Å². The third-order valence-electron chi connectivity index (χ3n) is 2.63. The van der Waals surface area contributed by atoms with E-state index in [0.717, 1.165) is 5.56 Å². The van der Waals surface area contributed by atoms with E-state index < -0.39 is 5.97 Å². The minimum Gasteiger partial charge on any atom is -0.457 e. The molecule has 0 aliphatic rings. The highest BCUT2D eigenvalue weighted by atomic mass is 35.5. The van der Waals surface area contributed by atoms with Gasteiger partial charge in [-0.1, -0.05) is 11.6 Å². The molecule has 2 rings (SSSR count). The molecule has 0 saturated carbocycles. The summed E-state index contributed by atoms with van der Waals surface area (Å²) in [5.41, 5.74) is 0.824. The van der Waals surface area contributed by atoms with E-state index in [9.17, 15) is 4.79 Å². The highest BCUT2D eigenvalue weighted by Gasteiger charge is 2.13. The van der Waals surface area contributed by atoms with Crippen molar-refractivity contribution < 1.29 is 23.8 Å². The first kappa shape index (κ1) is 15.6. The lowest BCUT2D eigenvalue weighted by atomic mass is 10.2. The lowest BCUT2D eigenvalue weighted by Crippen LogP contribution is -2.11. The Balaban J connectivity index is 1.90. The number of rotatable bonds is 7. The zero-order valence-electron chi connectivity index (χ0n) is 11.3. The van der Waals surface area contributed by atoms with Crippen LogP contribution in [-0.2, 0) is 9.47 Å². The van der Waals surface area contributed by atoms with Crippen LogP contribution in [0, 0.1) is 0 Å². The summed E-state index contributed by atoms with van der Waals surface area (Å²) in [6, 6.07) is 10.4. The van der Waals surface area contributed by atoms with Crippen LogP contribution in [0.4, 0.5) is 0 Å². The van der Waals surface area contributed by atoms with E-state index >= 15 is 0 Å². The summed E-state index contributed by atoms with van der Waals surface area (Å²) in [4.78, 5) is 11.7. The first-order chi connectivity index (χ1) is 10.2. The van der Waals surface area contributed by atoms with Crippen molar-refractivity contribution in [1.82, 2.24) is 0 Å². The molecule has 5 nitrogen and oxygen atoms in total. The molecule has 0 radical (unpaired) electrons. The quantitative estimate of drug-likeness (QED) is 0.629. The Labute approximate surface area is 127 Å². The Kier molecular flexibility index (Phi) is 5.80. The SMILES string of the molecule is O=C(OCCOCCO)c1ccc(-c2ccc(Cl)cc2)o1. The van der Waals surface area contributed by atoms with E-state index in [-0.39, 0.29) is 32.2 Å². The van der Waals surface area contributed by atoms with Gasteiger partial charge in [0.15, 0.2) is 0 Å². The van der Waals surface area contributed by atoms with Gasteiger partial charge in [0.1, 0.15) is 12.4 Å². The first-order valence-electron chi connectivity index (χ1n) is 6.42. The van der Waals surface area contributed by atoms with Gasteiger partial charge in [-0.25, -0.2) is 4.79 Å². The molecule has 0 atom stereocenters. The molecule has 1 aromatic carbocycles. The molecule has 0 bridgehead atoms. The molecule has 2 aromatic rings. The van der Waals surface area contributed by atoms with E-state index in [1.807, 2.05) is 0 Å². The van der Waals surface area contributed by atoms with Crippen LogP contribution >= 0.6 is 11.6 Å². The highest BCUT2D eigenvalue weighted by Crippen LogP contribution is 2.24. The normalized spacial score (nSPS) is 10.6. The monoisotopic (exact) mass is 310 g/mol. The van der Waals surface area contributed by atoms with Crippen LogP contribution in [0.1, 0.15) is 10.6 Å². The van der Waals surface area contributed by atoms with E-state index in [2.05, 4.69) is 0 Å². The number of carbonyl (C=O) groups is 1. The fraction of sp³-hybridized carbons (Fsp3) is 0.267. The Hall–Kier alpha value is -1.82. The van der Waals surface area contributed by atoms with Crippen molar-refractivity contribution in [1.29, 1.82) is 0 Å². The molecule has 0 unspecified atom stereocenters. The Morgan fingerprint density at radius 2 is 1.86 bits per heavy atom. The standard InChI is InChI=1S/C15H15ClO5/c16-12-3-1-11(2-4-12)13-5-6-14(21-13)15(18)20-10-9-19-8-7-17/h1-6,17H,7-10H2. The second-order valence-electron chi connectivity index (χ2n) is 4.14. The van der Waals surface area contributed by atoms with Crippen molar-refractivity contribution in [3.63, 3.8) is 0 Å². The molecule has 0 spiro atoms. The molecule has 112 valence electrons. The number of hydrogen-bond acceptors (Lipinski definition) is 5. The number of furan rings is 1. The molecule has 1 N–H and O–H groups in total. The van der Waals surface area contributed by atoms with Crippen LogP contribution in [0.15, 0.2) is 40.8 Å². The van der Waals surface area contributed by atoms with Gasteiger partial charge in [0.05, 0.1) is 19.8 Å². The summed E-state index contributed by atoms with van der Waals surface area (Å²) in [7, 11) is 0. The highest BCUT2D eigenvalue weighted by molar-refractivity contribution is 6.30. The Morgan fingerprint density at radius 3 is 2.57 bits per heavy atom. The second-order valence-corrected chi connectivity index (χ2v) is 4.58. The predicted molar refractivity (Wildman–Crippen MR) is 77.3 cm³/mol. The Morgan fingerprint density at radius 1 is 1.10 bits per heavy atom. The van der Waals surface area contributed by atoms with Gasteiger partial charge in [0.25, 0.3) is 0 Å². The number of benzene rings is 1. The van der Waals surface area contributed by atoms with E-state index in [1.54, 1.807) is 36.4 Å². The maximum absolute atomic E-state index is 11.7. The minimum absolute atomic E-state index is 0.0589. The van der Waals surface area contributed by atoms with Crippen LogP contribution in [0.3, 0.4) is 0 Å². The van der Waals surface area contributed by atoms with Gasteiger partial charge >= 0.3 is 5.97 Å². The summed E-state index contributed by atoms with van der Waals surface area (Å²) in [5.74, 6) is 0.139. The van der Waals surface area contributed by atoms with Crippen molar-refractivity contribution >= 4 is 17.6 Å². The van der Waals surface area contributed by atoms with E-state index in [4.69, 9.17) is 30.6 Å². The Bertz CT molecular complexity index is 576. The molecule has 6 heteroatoms. The van der Waals surface area contributed by atoms with Gasteiger partial charge in [-0.15, -0.1) is 0 Å². The minimum atomic E-state index is -0.553. The first-order valence-corrected chi connectivity index (χ1v) is 6.80. The second kappa shape index (κ2) is 7.83. The average Bonchev–Trinajstić information content (AvgIpc) is 2.97. The lowest BCUT2D eigenvalue weighted by Gasteiger charge is -2.03. The molecule has 0 saturated heterocycles. The third-order valence-corrected chi connectivity index (χ3v) is 2.88. The maximum atomic E-state index is 11.7. The molecule has 0 fully saturated rings. The van der Waals surface area contributed by atoms with Crippen LogP contribution in [0.5, 0.6) is 0 Å². The predicted octanol–water partition coefficient (Wildman–Crippen LogP) is 2.77. The average molecular weight is 311 g/mol. The van der Waals surface area contributed by atoms with Crippen LogP contribution < -0.4 is 0 Å². The molecular weight excluding hydrogens is 296 g/mol. The van der Waals surface area contributed by atoms with Gasteiger partial charge in [-0.2, -0.15) is 0 Å². The fourth-order valence-electron chi connectivity index (χ4n) is 1.65. The van der Waals surface area contributed by atoms with Crippen LogP contribution in [-0.4, -0.2) is 37.5 Å². The topological polar surface area (TPSA) is 68.9 Å². The third kappa shape index (κ3) is 4.60. The number of hydrogen-bond donors (Lipinski definition) is 1. The molecule has 0 amide bonds. The molecule has 1 heterocycles. The number of aliphatic hydroxyl groups excluding tert-OH is 1. The lowest BCUT2D eigenvalue weighted by molar-refractivity contribution is 0.0233. The summed E-state index contributed by atoms with van der Waals surface area (Å²) < 4.78 is 15.4. The molecule has 1 aromatic heterocycles. The number of ether oxygens (including phenoxy) is 2. The number of esters is 1.